The molecule has 1 saturated heterocycles. The fourth-order valence-corrected chi connectivity index (χ4v) is 3.77. The van der Waals surface area contributed by atoms with Gasteiger partial charge in [-0.15, -0.1) is 0 Å². The molecule has 100 valence electrons. The quantitative estimate of drug-likeness (QED) is 0.867. The van der Waals surface area contributed by atoms with Crippen LogP contribution in [0.4, 0.5) is 0 Å². The largest absolute Gasteiger partial charge is 0.330 e. The standard InChI is InChI=1S/C15H25N3/c1-15(2)8-4-3-7-14(15)18-11-16-10-13(18)12-6-5-9-17-12/h10-12,14,17H,3-9H2,1-2H3/t12-,14?/m0/s1. The molecule has 0 aromatic carbocycles. The first-order valence-corrected chi connectivity index (χ1v) is 7.43. The first-order chi connectivity index (χ1) is 8.68. The lowest BCUT2D eigenvalue weighted by Crippen LogP contribution is -2.32. The summed E-state index contributed by atoms with van der Waals surface area (Å²) >= 11 is 0. The normalized spacial score (nSPS) is 31.7. The Balaban J connectivity index is 1.89. The molecule has 1 N–H and O–H groups in total. The minimum atomic E-state index is 0.409. The first-order valence-electron chi connectivity index (χ1n) is 7.43. The van der Waals surface area contributed by atoms with Crippen LogP contribution >= 0.6 is 0 Å². The minimum absolute atomic E-state index is 0.409. The number of nitrogens with zero attached hydrogens (tertiary/aromatic N) is 2. The third-order valence-electron chi connectivity index (χ3n) is 4.90. The molecule has 2 heterocycles. The van der Waals surface area contributed by atoms with Crippen LogP contribution in [0.25, 0.3) is 0 Å². The van der Waals surface area contributed by atoms with Crippen molar-refractivity contribution >= 4 is 0 Å². The van der Waals surface area contributed by atoms with E-state index in [0.717, 1.165) is 6.54 Å². The van der Waals surface area contributed by atoms with Gasteiger partial charge in [-0.3, -0.25) is 0 Å². The Bertz CT molecular complexity index is 402. The Morgan fingerprint density at radius 3 is 2.89 bits per heavy atom. The van der Waals surface area contributed by atoms with Crippen LogP contribution in [0, 0.1) is 5.41 Å². The van der Waals surface area contributed by atoms with Crippen molar-refractivity contribution in [3.63, 3.8) is 0 Å². The highest BCUT2D eigenvalue weighted by atomic mass is 15.1. The molecule has 2 atom stereocenters. The Hall–Kier alpha value is -0.830. The smallest absolute Gasteiger partial charge is 0.0951 e. The first kappa shape index (κ1) is 12.2. The van der Waals surface area contributed by atoms with Crippen LogP contribution < -0.4 is 5.32 Å². The number of hydrogen-bond acceptors (Lipinski definition) is 2. The summed E-state index contributed by atoms with van der Waals surface area (Å²) in [6.07, 6.45) is 12.1. The topological polar surface area (TPSA) is 29.9 Å². The van der Waals surface area contributed by atoms with Crippen molar-refractivity contribution in [1.82, 2.24) is 14.9 Å². The zero-order valence-electron chi connectivity index (χ0n) is 11.7. The Labute approximate surface area is 110 Å². The highest BCUT2D eigenvalue weighted by molar-refractivity contribution is 5.10. The Morgan fingerprint density at radius 2 is 2.17 bits per heavy atom. The summed E-state index contributed by atoms with van der Waals surface area (Å²) < 4.78 is 2.47. The fraction of sp³-hybridized carbons (Fsp3) is 0.800. The van der Waals surface area contributed by atoms with E-state index in [9.17, 15) is 0 Å². The van der Waals surface area contributed by atoms with Gasteiger partial charge < -0.3 is 9.88 Å². The average Bonchev–Trinajstić information content (AvgIpc) is 2.98. The van der Waals surface area contributed by atoms with Gasteiger partial charge in [0.25, 0.3) is 0 Å². The zero-order valence-corrected chi connectivity index (χ0v) is 11.7. The van der Waals surface area contributed by atoms with Gasteiger partial charge in [0.05, 0.1) is 12.0 Å². The summed E-state index contributed by atoms with van der Waals surface area (Å²) in [5.74, 6) is 0. The van der Waals surface area contributed by atoms with Gasteiger partial charge in [0.1, 0.15) is 0 Å². The van der Waals surface area contributed by atoms with Gasteiger partial charge >= 0.3 is 0 Å². The molecular weight excluding hydrogens is 222 g/mol. The van der Waals surface area contributed by atoms with Gasteiger partial charge in [-0.2, -0.15) is 0 Å². The molecule has 3 nitrogen and oxygen atoms in total. The van der Waals surface area contributed by atoms with Crippen molar-refractivity contribution in [2.75, 3.05) is 6.54 Å². The molecule has 1 aromatic heterocycles. The van der Waals surface area contributed by atoms with Gasteiger partial charge in [0.15, 0.2) is 0 Å². The molecule has 0 bridgehead atoms. The Morgan fingerprint density at radius 1 is 1.28 bits per heavy atom. The van der Waals surface area contributed by atoms with Crippen molar-refractivity contribution in [2.24, 2.45) is 5.41 Å². The van der Waals surface area contributed by atoms with Crippen molar-refractivity contribution in [1.29, 1.82) is 0 Å². The number of hydrogen-bond donors (Lipinski definition) is 1. The number of imidazole rings is 1. The van der Waals surface area contributed by atoms with Gasteiger partial charge in [0, 0.05) is 18.3 Å². The molecule has 1 aromatic rings. The lowest BCUT2D eigenvalue weighted by Gasteiger charge is -2.40. The monoisotopic (exact) mass is 247 g/mol. The zero-order chi connectivity index (χ0) is 12.6. The maximum Gasteiger partial charge on any atom is 0.0951 e. The predicted octanol–water partition coefficient (Wildman–Crippen LogP) is 3.45. The van der Waals surface area contributed by atoms with E-state index >= 15 is 0 Å². The lowest BCUT2D eigenvalue weighted by molar-refractivity contribution is 0.140. The number of nitrogens with one attached hydrogen (secondary N) is 1. The Kier molecular flexibility index (Phi) is 3.18. The summed E-state index contributed by atoms with van der Waals surface area (Å²) in [4.78, 5) is 4.43. The van der Waals surface area contributed by atoms with E-state index in [1.165, 1.54) is 44.2 Å². The highest BCUT2D eigenvalue weighted by Crippen LogP contribution is 2.44. The van der Waals surface area contributed by atoms with E-state index in [2.05, 4.69) is 41.2 Å². The minimum Gasteiger partial charge on any atom is -0.330 e. The molecule has 3 heteroatoms. The fourth-order valence-electron chi connectivity index (χ4n) is 3.77. The van der Waals surface area contributed by atoms with Crippen molar-refractivity contribution in [3.05, 3.63) is 18.2 Å². The van der Waals surface area contributed by atoms with E-state index in [-0.39, 0.29) is 0 Å². The van der Waals surface area contributed by atoms with Gasteiger partial charge in [0.2, 0.25) is 0 Å². The molecule has 0 spiro atoms. The third kappa shape index (κ3) is 2.09. The van der Waals surface area contributed by atoms with E-state index in [1.807, 2.05) is 0 Å². The van der Waals surface area contributed by atoms with Crippen molar-refractivity contribution in [3.8, 4) is 0 Å². The van der Waals surface area contributed by atoms with E-state index < -0.39 is 0 Å². The molecule has 1 unspecified atom stereocenters. The van der Waals surface area contributed by atoms with Crippen LogP contribution in [0.15, 0.2) is 12.5 Å². The van der Waals surface area contributed by atoms with Crippen LogP contribution in [0.5, 0.6) is 0 Å². The summed E-state index contributed by atoms with van der Waals surface area (Å²) in [5, 5.41) is 3.60. The van der Waals surface area contributed by atoms with E-state index in [0.29, 0.717) is 17.5 Å². The molecule has 1 aliphatic carbocycles. The summed E-state index contributed by atoms with van der Waals surface area (Å²) in [6.45, 7) is 6.00. The maximum absolute atomic E-state index is 4.43. The van der Waals surface area contributed by atoms with Crippen molar-refractivity contribution < 1.29 is 0 Å². The molecule has 1 aliphatic heterocycles. The molecule has 0 amide bonds. The predicted molar refractivity (Wildman–Crippen MR) is 73.5 cm³/mol. The van der Waals surface area contributed by atoms with Gasteiger partial charge in [-0.1, -0.05) is 26.7 Å². The summed E-state index contributed by atoms with van der Waals surface area (Å²) in [6, 6.07) is 1.16. The highest BCUT2D eigenvalue weighted by Gasteiger charge is 2.35. The molecule has 2 aliphatic rings. The van der Waals surface area contributed by atoms with Gasteiger partial charge in [-0.05, 0) is 37.6 Å². The van der Waals surface area contributed by atoms with E-state index in [4.69, 9.17) is 0 Å². The lowest BCUT2D eigenvalue weighted by atomic mass is 9.73. The van der Waals surface area contributed by atoms with Crippen molar-refractivity contribution in [2.45, 2.75) is 64.5 Å². The third-order valence-corrected chi connectivity index (χ3v) is 4.90. The van der Waals surface area contributed by atoms with Crippen LogP contribution in [-0.2, 0) is 0 Å². The number of aromatic nitrogens is 2. The molecule has 1 saturated carbocycles. The van der Waals surface area contributed by atoms with Crippen LogP contribution in [0.3, 0.4) is 0 Å². The van der Waals surface area contributed by atoms with E-state index in [1.54, 1.807) is 0 Å². The maximum atomic E-state index is 4.43. The average molecular weight is 247 g/mol. The molecule has 0 radical (unpaired) electrons. The summed E-state index contributed by atoms with van der Waals surface area (Å²) in [5.41, 5.74) is 1.82. The molecule has 18 heavy (non-hydrogen) atoms. The number of rotatable bonds is 2. The van der Waals surface area contributed by atoms with Crippen LogP contribution in [-0.4, -0.2) is 16.1 Å². The second-order valence-electron chi connectivity index (χ2n) is 6.62. The second-order valence-corrected chi connectivity index (χ2v) is 6.62. The molecule has 3 rings (SSSR count). The molecular formula is C15H25N3. The van der Waals surface area contributed by atoms with Crippen LogP contribution in [0.2, 0.25) is 0 Å². The van der Waals surface area contributed by atoms with Crippen LogP contribution in [0.1, 0.15) is 70.2 Å². The van der Waals surface area contributed by atoms with Gasteiger partial charge in [-0.25, -0.2) is 4.98 Å². The molecule has 2 fully saturated rings. The second kappa shape index (κ2) is 4.69. The SMILES string of the molecule is CC1(C)CCCCC1n1cncc1[C@@H]1CCCN1. The summed E-state index contributed by atoms with van der Waals surface area (Å²) in [7, 11) is 0.